The fourth-order valence-corrected chi connectivity index (χ4v) is 3.77. The number of benzene rings is 1. The van der Waals surface area contributed by atoms with Gasteiger partial charge in [-0.25, -0.2) is 0 Å². The zero-order valence-electron chi connectivity index (χ0n) is 18.3. The Morgan fingerprint density at radius 2 is 1.91 bits per heavy atom. The third-order valence-electron chi connectivity index (χ3n) is 5.68. The summed E-state index contributed by atoms with van der Waals surface area (Å²) in [6, 6.07) is 13.3. The van der Waals surface area contributed by atoms with E-state index in [1.807, 2.05) is 48.0 Å². The maximum absolute atomic E-state index is 12.9. The van der Waals surface area contributed by atoms with Crippen LogP contribution in [-0.4, -0.2) is 57.9 Å². The van der Waals surface area contributed by atoms with Gasteiger partial charge in [-0.3, -0.25) is 19.2 Å². The maximum atomic E-state index is 12.9. The first kappa shape index (κ1) is 21.9. The van der Waals surface area contributed by atoms with Gasteiger partial charge in [-0.2, -0.15) is 5.10 Å². The van der Waals surface area contributed by atoms with E-state index in [4.69, 9.17) is 4.74 Å². The molecule has 0 radical (unpaired) electrons. The molecule has 0 unspecified atom stereocenters. The zero-order chi connectivity index (χ0) is 22.3. The van der Waals surface area contributed by atoms with Crippen molar-refractivity contribution >= 4 is 11.9 Å². The summed E-state index contributed by atoms with van der Waals surface area (Å²) in [5, 5.41) is 4.38. The number of ether oxygens (including phenoxy) is 1. The number of ketones is 1. The van der Waals surface area contributed by atoms with Crippen LogP contribution in [0.1, 0.15) is 27.2 Å². The zero-order valence-corrected chi connectivity index (χ0v) is 18.3. The number of hydrogen-bond acceptors (Lipinski definition) is 5. The van der Waals surface area contributed by atoms with Crippen molar-refractivity contribution in [3.8, 4) is 0 Å². The molecule has 32 heavy (non-hydrogen) atoms. The van der Waals surface area contributed by atoms with Crippen LogP contribution in [0.15, 0.2) is 65.7 Å². The Morgan fingerprint density at radius 3 is 2.69 bits per heavy atom. The number of rotatable bonds is 8. The molecule has 0 spiro atoms. The number of hydrogen-bond donors (Lipinski definition) is 0. The lowest BCUT2D eigenvalue weighted by molar-refractivity contribution is 0.0435. The van der Waals surface area contributed by atoms with Crippen LogP contribution in [-0.2, 0) is 17.8 Å². The predicted molar refractivity (Wildman–Crippen MR) is 124 cm³/mol. The summed E-state index contributed by atoms with van der Waals surface area (Å²) in [6.07, 6.45) is 7.39. The molecule has 7 nitrogen and oxygen atoms in total. The molecule has 0 amide bonds. The van der Waals surface area contributed by atoms with Crippen molar-refractivity contribution < 1.29 is 9.53 Å². The Kier molecular flexibility index (Phi) is 7.09. The largest absolute Gasteiger partial charge is 0.379 e. The van der Waals surface area contributed by atoms with E-state index in [9.17, 15) is 9.59 Å². The molecule has 1 aliphatic rings. The van der Waals surface area contributed by atoms with Crippen molar-refractivity contribution in [3.05, 3.63) is 93.7 Å². The predicted octanol–water partition coefficient (Wildman–Crippen LogP) is 2.63. The number of morpholine rings is 1. The number of pyridine rings is 1. The van der Waals surface area contributed by atoms with Crippen LogP contribution < -0.4 is 5.56 Å². The molecule has 0 atom stereocenters. The number of Topliss-reactive ketones (excluding diaryl/α,β-unsaturated/α-hetero) is 1. The van der Waals surface area contributed by atoms with Gasteiger partial charge in [0.15, 0.2) is 5.78 Å². The standard InChI is InChI=1S/C25H28N4O3/c1-20-23(16-26-29(20)18-21-6-3-2-4-7-21)24(30)19-28-17-22(9-10-25(28)31)8-5-11-27-12-14-32-15-13-27/h2-10,16-17H,11-15,18-19H2,1H3/b8-5-. The molecule has 166 valence electrons. The number of nitrogens with zero attached hydrogens (tertiary/aromatic N) is 4. The van der Waals surface area contributed by atoms with E-state index in [0.29, 0.717) is 12.1 Å². The fourth-order valence-electron chi connectivity index (χ4n) is 3.77. The van der Waals surface area contributed by atoms with Crippen molar-refractivity contribution in [2.45, 2.75) is 20.0 Å². The molecule has 2 aromatic heterocycles. The molecule has 4 rings (SSSR count). The molecule has 0 saturated carbocycles. The lowest BCUT2D eigenvalue weighted by Crippen LogP contribution is -2.36. The van der Waals surface area contributed by atoms with E-state index >= 15 is 0 Å². The second kappa shape index (κ2) is 10.3. The van der Waals surface area contributed by atoms with Gasteiger partial charge in [0.05, 0.1) is 38.1 Å². The molecule has 3 aromatic rings. The molecule has 0 N–H and O–H groups in total. The third kappa shape index (κ3) is 5.49. The Labute approximate surface area is 187 Å². The summed E-state index contributed by atoms with van der Waals surface area (Å²) >= 11 is 0. The summed E-state index contributed by atoms with van der Waals surface area (Å²) < 4.78 is 8.64. The van der Waals surface area contributed by atoms with Crippen LogP contribution in [0.25, 0.3) is 6.08 Å². The Morgan fingerprint density at radius 1 is 1.12 bits per heavy atom. The molecule has 1 saturated heterocycles. The van der Waals surface area contributed by atoms with Crippen molar-refractivity contribution in [3.63, 3.8) is 0 Å². The van der Waals surface area contributed by atoms with Gasteiger partial charge in [0.25, 0.3) is 5.56 Å². The molecular formula is C25H28N4O3. The molecule has 1 fully saturated rings. The first-order valence-corrected chi connectivity index (χ1v) is 10.9. The van der Waals surface area contributed by atoms with Crippen LogP contribution in [0, 0.1) is 6.92 Å². The quantitative estimate of drug-likeness (QED) is 0.512. The highest BCUT2D eigenvalue weighted by Crippen LogP contribution is 2.12. The van der Waals surface area contributed by atoms with E-state index in [0.717, 1.165) is 49.7 Å². The smallest absolute Gasteiger partial charge is 0.250 e. The molecule has 1 aliphatic heterocycles. The number of aromatic nitrogens is 3. The topological polar surface area (TPSA) is 69.4 Å². The molecule has 3 heterocycles. The molecule has 1 aromatic carbocycles. The van der Waals surface area contributed by atoms with E-state index in [1.165, 1.54) is 10.6 Å². The Balaban J connectivity index is 1.43. The minimum Gasteiger partial charge on any atom is -0.379 e. The summed E-state index contributed by atoms with van der Waals surface area (Å²) in [4.78, 5) is 27.6. The fraction of sp³-hybridized carbons (Fsp3) is 0.320. The highest BCUT2D eigenvalue weighted by atomic mass is 16.5. The molecule has 7 heteroatoms. The summed E-state index contributed by atoms with van der Waals surface area (Å²) in [5.74, 6) is -0.127. The first-order valence-electron chi connectivity index (χ1n) is 10.9. The Bertz CT molecular complexity index is 1140. The second-order valence-corrected chi connectivity index (χ2v) is 7.95. The van der Waals surface area contributed by atoms with Crippen molar-refractivity contribution in [2.75, 3.05) is 32.8 Å². The van der Waals surface area contributed by atoms with Crippen LogP contribution >= 0.6 is 0 Å². The summed E-state index contributed by atoms with van der Waals surface area (Å²) in [6.45, 7) is 6.69. The van der Waals surface area contributed by atoms with Crippen molar-refractivity contribution in [1.82, 2.24) is 19.2 Å². The monoisotopic (exact) mass is 432 g/mol. The lowest BCUT2D eigenvalue weighted by Gasteiger charge is -2.25. The third-order valence-corrected chi connectivity index (χ3v) is 5.68. The van der Waals surface area contributed by atoms with Gasteiger partial charge in [-0.05, 0) is 24.1 Å². The van der Waals surface area contributed by atoms with Gasteiger partial charge in [-0.15, -0.1) is 0 Å². The van der Waals surface area contributed by atoms with Crippen LogP contribution in [0.4, 0.5) is 0 Å². The number of carbonyl (C=O) groups excluding carboxylic acids is 1. The maximum Gasteiger partial charge on any atom is 0.250 e. The van der Waals surface area contributed by atoms with Crippen molar-refractivity contribution in [2.24, 2.45) is 0 Å². The van der Waals surface area contributed by atoms with Gasteiger partial charge < -0.3 is 9.30 Å². The lowest BCUT2D eigenvalue weighted by atomic mass is 10.1. The second-order valence-electron chi connectivity index (χ2n) is 7.95. The minimum atomic E-state index is -0.196. The van der Waals surface area contributed by atoms with Crippen LogP contribution in [0.2, 0.25) is 0 Å². The van der Waals surface area contributed by atoms with Gasteiger partial charge in [0.1, 0.15) is 0 Å². The van der Waals surface area contributed by atoms with Crippen LogP contribution in [0.5, 0.6) is 0 Å². The van der Waals surface area contributed by atoms with Gasteiger partial charge in [-0.1, -0.05) is 42.5 Å². The van der Waals surface area contributed by atoms with E-state index in [2.05, 4.69) is 16.1 Å². The molecular weight excluding hydrogens is 404 g/mol. The van der Waals surface area contributed by atoms with E-state index in [-0.39, 0.29) is 17.9 Å². The average Bonchev–Trinajstić information content (AvgIpc) is 3.17. The minimum absolute atomic E-state index is 0.0121. The Hall–Kier alpha value is -3.29. The molecule has 0 bridgehead atoms. The number of carbonyl (C=O) groups is 1. The SMILES string of the molecule is Cc1c(C(=O)Cn2cc(/C=C\CN3CCOCC3)ccc2=O)cnn1Cc1ccccc1. The summed E-state index contributed by atoms with van der Waals surface area (Å²) in [5.41, 5.74) is 3.15. The highest BCUT2D eigenvalue weighted by Gasteiger charge is 2.15. The van der Waals surface area contributed by atoms with Gasteiger partial charge in [0, 0.05) is 37.6 Å². The average molecular weight is 433 g/mol. The summed E-state index contributed by atoms with van der Waals surface area (Å²) in [7, 11) is 0. The van der Waals surface area contributed by atoms with Gasteiger partial charge >= 0.3 is 0 Å². The van der Waals surface area contributed by atoms with E-state index in [1.54, 1.807) is 18.5 Å². The highest BCUT2D eigenvalue weighted by molar-refractivity contribution is 5.96. The van der Waals surface area contributed by atoms with Gasteiger partial charge in [0.2, 0.25) is 0 Å². The molecule has 0 aliphatic carbocycles. The normalized spacial score (nSPS) is 14.8. The first-order chi connectivity index (χ1) is 15.6. The van der Waals surface area contributed by atoms with E-state index < -0.39 is 0 Å². The van der Waals surface area contributed by atoms with Crippen LogP contribution in [0.3, 0.4) is 0 Å². The van der Waals surface area contributed by atoms with Crippen molar-refractivity contribution in [1.29, 1.82) is 0 Å².